The maximum atomic E-state index is 14.3. The van der Waals surface area contributed by atoms with Gasteiger partial charge in [0.05, 0.1) is 48.4 Å². The lowest BCUT2D eigenvalue weighted by atomic mass is 10.00. The van der Waals surface area contributed by atoms with Gasteiger partial charge in [-0.05, 0) is 95.2 Å². The van der Waals surface area contributed by atoms with Gasteiger partial charge in [-0.15, -0.1) is 0 Å². The largest absolute Gasteiger partial charge is 0.453 e. The van der Waals surface area contributed by atoms with E-state index in [1.165, 1.54) is 20.6 Å². The second kappa shape index (κ2) is 16.1. The predicted molar refractivity (Wildman–Crippen MR) is 239 cm³/mol. The summed E-state index contributed by atoms with van der Waals surface area (Å²) >= 11 is 0. The zero-order valence-electron chi connectivity index (χ0n) is 35.3. The van der Waals surface area contributed by atoms with E-state index >= 15 is 0 Å². The fourth-order valence-electron chi connectivity index (χ4n) is 10.1. The highest BCUT2D eigenvalue weighted by molar-refractivity contribution is 5.89. The molecule has 0 unspecified atom stereocenters. The molecule has 8 atom stereocenters. The number of aliphatic imine (C=N–C) groups is 1. The van der Waals surface area contributed by atoms with Crippen molar-refractivity contribution < 1.29 is 28.9 Å². The Morgan fingerprint density at radius 3 is 1.67 bits per heavy atom. The van der Waals surface area contributed by atoms with Gasteiger partial charge < -0.3 is 34.7 Å². The van der Waals surface area contributed by atoms with E-state index in [0.717, 1.165) is 87.2 Å². The number of alkyl carbamates (subject to hydrolysis) is 1. The minimum atomic E-state index is -0.874. The fraction of sp³-hybridized carbons (Fsp3) is 0.280. The Kier molecular flexibility index (Phi) is 9.94. The molecule has 3 N–H and O–H groups in total. The van der Waals surface area contributed by atoms with Crippen LogP contribution in [-0.4, -0.2) is 80.3 Å². The number of H-pyrrole nitrogens is 2. The van der Waals surface area contributed by atoms with Crippen LogP contribution in [0.2, 0.25) is 0 Å². The van der Waals surface area contributed by atoms with E-state index in [9.17, 15) is 14.4 Å². The van der Waals surface area contributed by atoms with Crippen LogP contribution in [0.25, 0.3) is 44.3 Å². The number of amides is 3. The van der Waals surface area contributed by atoms with Crippen LogP contribution in [0, 0.1) is 11.8 Å². The molecule has 64 heavy (non-hydrogen) atoms. The third kappa shape index (κ3) is 7.22. The van der Waals surface area contributed by atoms with E-state index in [1.54, 1.807) is 0 Å². The Bertz CT molecular complexity index is 2920. The molecule has 14 heteroatoms. The highest BCUT2D eigenvalue weighted by Gasteiger charge is 2.57. The first-order chi connectivity index (χ1) is 31.3. The summed E-state index contributed by atoms with van der Waals surface area (Å²) in [6.45, 7) is 0. The molecule has 5 aromatic carbocycles. The molecule has 11 rings (SSSR count). The van der Waals surface area contributed by atoms with Gasteiger partial charge in [-0.1, -0.05) is 97.1 Å². The predicted octanol–water partition coefficient (Wildman–Crippen LogP) is 8.54. The molecule has 322 valence electrons. The third-order valence-corrected chi connectivity index (χ3v) is 13.4. The van der Waals surface area contributed by atoms with Gasteiger partial charge >= 0.3 is 6.09 Å². The van der Waals surface area contributed by atoms with Crippen molar-refractivity contribution in [1.82, 2.24) is 35.1 Å². The van der Waals surface area contributed by atoms with Crippen molar-refractivity contribution in [2.45, 2.75) is 61.9 Å². The number of likely N-dealkylation sites (tertiary alicyclic amines) is 2. The Balaban J connectivity index is 0.811. The first kappa shape index (κ1) is 39.5. The molecule has 14 nitrogen and oxygen atoms in total. The molecule has 2 saturated carbocycles. The van der Waals surface area contributed by atoms with Gasteiger partial charge in [0.25, 0.3) is 11.8 Å². The van der Waals surface area contributed by atoms with Crippen molar-refractivity contribution >= 4 is 46.4 Å². The Hall–Kier alpha value is -7.32. The molecule has 0 spiro atoms. The van der Waals surface area contributed by atoms with Crippen LogP contribution in [0.1, 0.15) is 72.6 Å². The maximum Gasteiger partial charge on any atom is 0.407 e. The maximum absolute atomic E-state index is 14.3. The fourth-order valence-corrected chi connectivity index (χ4v) is 10.1. The number of carbonyl (C=O) groups is 3. The van der Waals surface area contributed by atoms with Crippen molar-refractivity contribution in [3.8, 4) is 22.3 Å². The normalized spacial score (nSPS) is 22.9. The summed E-state index contributed by atoms with van der Waals surface area (Å²) in [7, 11) is 2.69. The quantitative estimate of drug-likeness (QED) is 0.0476. The van der Waals surface area contributed by atoms with E-state index in [2.05, 4.69) is 74.9 Å². The van der Waals surface area contributed by atoms with Gasteiger partial charge in [0.1, 0.15) is 17.7 Å². The molecular formula is C50H46N8O6. The molecule has 2 saturated heterocycles. The summed E-state index contributed by atoms with van der Waals surface area (Å²) in [6, 6.07) is 37.9. The average Bonchev–Trinajstić information content (AvgIpc) is 3.99. The van der Waals surface area contributed by atoms with Crippen molar-refractivity contribution in [2.75, 3.05) is 14.2 Å². The number of aromatic nitrogens is 4. The van der Waals surface area contributed by atoms with Crippen LogP contribution in [0.15, 0.2) is 126 Å². The number of carbonyl (C=O) groups excluding carboxylic acids is 3. The zero-order valence-corrected chi connectivity index (χ0v) is 35.3. The van der Waals surface area contributed by atoms with E-state index in [1.807, 2.05) is 76.5 Å². The smallest absolute Gasteiger partial charge is 0.407 e. The summed E-state index contributed by atoms with van der Waals surface area (Å²) in [6.07, 6.45) is 4.11. The van der Waals surface area contributed by atoms with Gasteiger partial charge in [-0.3, -0.25) is 9.59 Å². The van der Waals surface area contributed by atoms with Crippen molar-refractivity contribution in [3.05, 3.63) is 144 Å². The number of fused-ring (bicyclic) bond motifs is 4. The summed E-state index contributed by atoms with van der Waals surface area (Å²) in [4.78, 5) is 76.0. The van der Waals surface area contributed by atoms with Crippen LogP contribution < -0.4 is 5.32 Å². The molecule has 0 bridgehead atoms. The number of benzene rings is 5. The number of methoxy groups -OCH3 is 1. The molecule has 3 amide bonds. The Morgan fingerprint density at radius 2 is 1.16 bits per heavy atom. The molecule has 4 fully saturated rings. The van der Waals surface area contributed by atoms with Crippen molar-refractivity contribution in [2.24, 2.45) is 16.8 Å². The van der Waals surface area contributed by atoms with Gasteiger partial charge in [0.2, 0.25) is 6.40 Å². The highest BCUT2D eigenvalue weighted by atomic mass is 17.2. The summed E-state index contributed by atoms with van der Waals surface area (Å²) < 4.78 is 4.89. The second-order valence-electron chi connectivity index (χ2n) is 17.2. The summed E-state index contributed by atoms with van der Waals surface area (Å²) in [5.74, 6) is 2.11. The highest BCUT2D eigenvalue weighted by Crippen LogP contribution is 2.55. The van der Waals surface area contributed by atoms with Gasteiger partial charge in [0, 0.05) is 12.1 Å². The summed E-state index contributed by atoms with van der Waals surface area (Å²) in [5, 5.41) is 2.77. The molecule has 2 aliphatic heterocycles. The number of nitrogens with one attached hydrogen (secondary N) is 3. The first-order valence-electron chi connectivity index (χ1n) is 21.7. The molecule has 2 aromatic heterocycles. The number of nitrogens with zero attached hydrogens (tertiary/aromatic N) is 5. The zero-order chi connectivity index (χ0) is 43.5. The van der Waals surface area contributed by atoms with Crippen LogP contribution in [0.4, 0.5) is 4.79 Å². The lowest BCUT2D eigenvalue weighted by molar-refractivity contribution is -0.188. The van der Waals surface area contributed by atoms with E-state index in [4.69, 9.17) is 24.5 Å². The standard InChI is InChI=1S/C50H46N8O6/c1-62-50(61)56-45(31-11-7-4-8-12-31)49(60)58-41-24-35(41)26-43(58)47-53-37-20-18-33(22-39(37)55-47)29-15-13-28(14-16-29)32-17-19-36-38(21-32)54-46(52-36)42-25-34-23-40(34)57(42)48(59)44(51-27-64-63-2)30-9-5-3-6-10-30/h3-22,27,34-35,40-45H,23-26H2,1-2H3,(H,52,54)(H,53,55)(H,56,61)/b51-27-/t34-,35-,40-,41-,42+,43+,44-,45-/m1/s1. The molecule has 2 aliphatic carbocycles. The molecular weight excluding hydrogens is 809 g/mol. The monoisotopic (exact) mass is 854 g/mol. The number of hydrogen-bond donors (Lipinski definition) is 3. The topological polar surface area (TPSA) is 167 Å². The van der Waals surface area contributed by atoms with Crippen molar-refractivity contribution in [1.29, 1.82) is 0 Å². The van der Waals surface area contributed by atoms with Gasteiger partial charge in [-0.2, -0.15) is 4.89 Å². The van der Waals surface area contributed by atoms with Crippen molar-refractivity contribution in [3.63, 3.8) is 0 Å². The van der Waals surface area contributed by atoms with E-state index < -0.39 is 18.2 Å². The number of piperidine rings is 2. The SMILES string of the molecule is COO/C=N\[C@@H](C(=O)N1[C@@H]2C[C@@H]2C[C@H]1c1nc2cc(-c3ccc(-c4ccc5[nH]c([C@@H]6C[C@H]7C[C@H]7N6C(=O)[C@H](NC(=O)OC)c6ccccc6)nc5c4)cc3)ccc2[nH]1)c1ccccc1. The number of ether oxygens (including phenoxy) is 1. The van der Waals surface area contributed by atoms with E-state index in [0.29, 0.717) is 17.4 Å². The van der Waals surface area contributed by atoms with Crippen LogP contribution >= 0.6 is 0 Å². The van der Waals surface area contributed by atoms with E-state index in [-0.39, 0.29) is 36.0 Å². The lowest BCUT2D eigenvalue weighted by Gasteiger charge is -2.30. The van der Waals surface area contributed by atoms with Crippen LogP contribution in [0.5, 0.6) is 0 Å². The number of hydrogen-bond acceptors (Lipinski definition) is 9. The first-order valence-corrected chi connectivity index (χ1v) is 21.7. The molecule has 4 aliphatic rings. The average molecular weight is 855 g/mol. The third-order valence-electron chi connectivity index (χ3n) is 13.4. The number of aromatic amines is 2. The minimum Gasteiger partial charge on any atom is -0.453 e. The van der Waals surface area contributed by atoms with Crippen LogP contribution in [0.3, 0.4) is 0 Å². The number of rotatable bonds is 12. The van der Waals surface area contributed by atoms with Gasteiger partial charge in [-0.25, -0.2) is 19.8 Å². The molecule has 7 aromatic rings. The minimum absolute atomic E-state index is 0.0856. The number of imidazole rings is 2. The lowest BCUT2D eigenvalue weighted by Crippen LogP contribution is -2.44. The Labute approximate surface area is 368 Å². The van der Waals surface area contributed by atoms with Crippen LogP contribution in [-0.2, 0) is 24.1 Å². The van der Waals surface area contributed by atoms with Gasteiger partial charge in [0.15, 0.2) is 6.04 Å². The Morgan fingerprint density at radius 1 is 0.656 bits per heavy atom. The summed E-state index contributed by atoms with van der Waals surface area (Å²) in [5.41, 5.74) is 9.11. The molecule has 0 radical (unpaired) electrons. The molecule has 4 heterocycles. The second-order valence-corrected chi connectivity index (χ2v) is 17.2.